The summed E-state index contributed by atoms with van der Waals surface area (Å²) in [6.45, 7) is 7.88. The van der Waals surface area contributed by atoms with Crippen LogP contribution in [0.25, 0.3) is 0 Å². The highest BCUT2D eigenvalue weighted by molar-refractivity contribution is 7.98. The van der Waals surface area contributed by atoms with E-state index in [4.69, 9.17) is 0 Å². The lowest BCUT2D eigenvalue weighted by Crippen LogP contribution is -2.26. The SMILES string of the molecule is C=CS(=O)(=O)CC(CC)S(=O)(=O)C=C. The van der Waals surface area contributed by atoms with Crippen LogP contribution in [0.1, 0.15) is 13.3 Å². The van der Waals surface area contributed by atoms with Crippen LogP contribution in [-0.2, 0) is 19.7 Å². The van der Waals surface area contributed by atoms with E-state index in [9.17, 15) is 16.8 Å². The van der Waals surface area contributed by atoms with Crippen LogP contribution in [0.3, 0.4) is 0 Å². The van der Waals surface area contributed by atoms with Gasteiger partial charge in [0.2, 0.25) is 0 Å². The third-order valence-corrected chi connectivity index (χ3v) is 5.30. The summed E-state index contributed by atoms with van der Waals surface area (Å²) >= 11 is 0. The number of hydrogen-bond acceptors (Lipinski definition) is 4. The summed E-state index contributed by atoms with van der Waals surface area (Å²) in [7, 11) is -7.00. The lowest BCUT2D eigenvalue weighted by Gasteiger charge is -2.11. The molecule has 0 saturated carbocycles. The van der Waals surface area contributed by atoms with Crippen LogP contribution in [0.4, 0.5) is 0 Å². The van der Waals surface area contributed by atoms with Crippen LogP contribution in [0.5, 0.6) is 0 Å². The van der Waals surface area contributed by atoms with Crippen molar-refractivity contribution in [2.45, 2.75) is 18.6 Å². The molecule has 0 radical (unpaired) electrons. The summed E-state index contributed by atoms with van der Waals surface area (Å²) in [5.41, 5.74) is 0. The Hall–Kier alpha value is -0.620. The second kappa shape index (κ2) is 4.75. The second-order valence-electron chi connectivity index (χ2n) is 2.78. The van der Waals surface area contributed by atoms with Crippen molar-refractivity contribution in [2.24, 2.45) is 0 Å². The van der Waals surface area contributed by atoms with Gasteiger partial charge in [-0.25, -0.2) is 16.8 Å². The van der Waals surface area contributed by atoms with Crippen LogP contribution in [0.15, 0.2) is 24.0 Å². The van der Waals surface area contributed by atoms with Gasteiger partial charge in [-0.15, -0.1) is 0 Å². The third-order valence-electron chi connectivity index (χ3n) is 1.82. The molecule has 0 aromatic heterocycles. The standard InChI is InChI=1S/C8H14O4S2/c1-4-8(14(11,12)6-3)7-13(9,10)5-2/h5-6,8H,2-4,7H2,1H3. The van der Waals surface area contributed by atoms with E-state index in [2.05, 4.69) is 13.2 Å². The van der Waals surface area contributed by atoms with E-state index in [1.807, 2.05) is 0 Å². The monoisotopic (exact) mass is 238 g/mol. The Labute approximate surface area is 85.2 Å². The molecule has 0 bridgehead atoms. The molecule has 0 aromatic rings. The van der Waals surface area contributed by atoms with Crippen molar-refractivity contribution in [3.8, 4) is 0 Å². The molecule has 0 aliphatic carbocycles. The predicted molar refractivity (Wildman–Crippen MR) is 57.2 cm³/mol. The quantitative estimate of drug-likeness (QED) is 0.689. The Morgan fingerprint density at radius 2 is 1.64 bits per heavy atom. The van der Waals surface area contributed by atoms with E-state index in [1.54, 1.807) is 6.92 Å². The van der Waals surface area contributed by atoms with Crippen LogP contribution < -0.4 is 0 Å². The molecule has 6 heteroatoms. The molecule has 4 nitrogen and oxygen atoms in total. The highest BCUT2D eigenvalue weighted by atomic mass is 32.2. The van der Waals surface area contributed by atoms with Gasteiger partial charge in [0, 0.05) is 10.8 Å². The van der Waals surface area contributed by atoms with E-state index in [-0.39, 0.29) is 6.42 Å². The van der Waals surface area contributed by atoms with E-state index < -0.39 is 30.7 Å². The van der Waals surface area contributed by atoms with Crippen molar-refractivity contribution >= 4 is 19.7 Å². The first-order valence-electron chi connectivity index (χ1n) is 4.00. The molecule has 1 unspecified atom stereocenters. The van der Waals surface area contributed by atoms with Crippen molar-refractivity contribution in [1.82, 2.24) is 0 Å². The summed E-state index contributed by atoms with van der Waals surface area (Å²) < 4.78 is 44.8. The van der Waals surface area contributed by atoms with Crippen LogP contribution in [0.2, 0.25) is 0 Å². The van der Waals surface area contributed by atoms with E-state index in [1.165, 1.54) is 0 Å². The highest BCUT2D eigenvalue weighted by Crippen LogP contribution is 2.11. The van der Waals surface area contributed by atoms with Crippen molar-refractivity contribution in [3.63, 3.8) is 0 Å². The zero-order valence-corrected chi connectivity index (χ0v) is 9.64. The van der Waals surface area contributed by atoms with Gasteiger partial charge in [-0.1, -0.05) is 20.1 Å². The highest BCUT2D eigenvalue weighted by Gasteiger charge is 2.25. The predicted octanol–water partition coefficient (Wildman–Crippen LogP) is 0.882. The van der Waals surface area contributed by atoms with Crippen LogP contribution >= 0.6 is 0 Å². The maximum absolute atomic E-state index is 11.3. The van der Waals surface area contributed by atoms with Crippen molar-refractivity contribution in [2.75, 3.05) is 5.75 Å². The molecule has 1 atom stereocenters. The number of rotatable bonds is 6. The average molecular weight is 238 g/mol. The molecule has 0 amide bonds. The van der Waals surface area contributed by atoms with Gasteiger partial charge >= 0.3 is 0 Å². The molecule has 0 aliphatic rings. The molecule has 0 rings (SSSR count). The first-order chi connectivity index (χ1) is 6.29. The van der Waals surface area contributed by atoms with Crippen molar-refractivity contribution in [3.05, 3.63) is 24.0 Å². The molecule has 0 N–H and O–H groups in total. The van der Waals surface area contributed by atoms with E-state index in [0.717, 1.165) is 10.8 Å². The summed E-state index contributed by atoms with van der Waals surface area (Å²) in [6.07, 6.45) is 0.238. The molecule has 0 aromatic carbocycles. The van der Waals surface area contributed by atoms with E-state index >= 15 is 0 Å². The first-order valence-corrected chi connectivity index (χ1v) is 7.33. The number of sulfone groups is 2. The Bertz CT molecular complexity index is 403. The van der Waals surface area contributed by atoms with Gasteiger partial charge in [0.25, 0.3) is 0 Å². The zero-order chi connectivity index (χ0) is 11.4. The maximum Gasteiger partial charge on any atom is 0.174 e. The minimum Gasteiger partial charge on any atom is -0.224 e. The number of hydrogen-bond donors (Lipinski definition) is 0. The van der Waals surface area contributed by atoms with Gasteiger partial charge in [0.1, 0.15) is 0 Å². The summed E-state index contributed by atoms with van der Waals surface area (Å²) in [6, 6.07) is 0. The Kier molecular flexibility index (Phi) is 4.54. The van der Waals surface area contributed by atoms with Crippen molar-refractivity contribution < 1.29 is 16.8 Å². The molecule has 0 aliphatic heterocycles. The molecular weight excluding hydrogens is 224 g/mol. The smallest absolute Gasteiger partial charge is 0.174 e. The third kappa shape index (κ3) is 3.63. The van der Waals surface area contributed by atoms with Gasteiger partial charge in [-0.2, -0.15) is 0 Å². The van der Waals surface area contributed by atoms with Gasteiger partial charge in [-0.05, 0) is 6.42 Å². The van der Waals surface area contributed by atoms with Crippen LogP contribution in [0, 0.1) is 0 Å². The second-order valence-corrected chi connectivity index (χ2v) is 6.95. The summed E-state index contributed by atoms with van der Waals surface area (Å²) in [5, 5.41) is 0.636. The molecular formula is C8H14O4S2. The average Bonchev–Trinajstić information content (AvgIpc) is 2.14. The van der Waals surface area contributed by atoms with Crippen LogP contribution in [-0.4, -0.2) is 27.8 Å². The fourth-order valence-electron chi connectivity index (χ4n) is 0.908. The van der Waals surface area contributed by atoms with Gasteiger partial charge in [0.05, 0.1) is 11.0 Å². The zero-order valence-electron chi connectivity index (χ0n) is 8.01. The van der Waals surface area contributed by atoms with E-state index in [0.29, 0.717) is 0 Å². The summed E-state index contributed by atoms with van der Waals surface area (Å²) in [5.74, 6) is -0.429. The Morgan fingerprint density at radius 1 is 1.14 bits per heavy atom. The molecule has 82 valence electrons. The first kappa shape index (κ1) is 13.4. The minimum atomic E-state index is -3.52. The fourth-order valence-corrected chi connectivity index (χ4v) is 3.86. The largest absolute Gasteiger partial charge is 0.224 e. The minimum absolute atomic E-state index is 0.238. The molecule has 0 heterocycles. The molecule has 0 fully saturated rings. The Balaban J connectivity index is 4.98. The fraction of sp³-hybridized carbons (Fsp3) is 0.500. The molecule has 0 spiro atoms. The van der Waals surface area contributed by atoms with Gasteiger partial charge in [0.15, 0.2) is 19.7 Å². The van der Waals surface area contributed by atoms with Gasteiger partial charge in [-0.3, -0.25) is 0 Å². The topological polar surface area (TPSA) is 68.3 Å². The molecule has 14 heavy (non-hydrogen) atoms. The van der Waals surface area contributed by atoms with Gasteiger partial charge < -0.3 is 0 Å². The Morgan fingerprint density at radius 3 is 1.93 bits per heavy atom. The lowest BCUT2D eigenvalue weighted by atomic mass is 10.4. The normalized spacial score (nSPS) is 14.6. The summed E-state index contributed by atoms with van der Waals surface area (Å²) in [4.78, 5) is 0. The maximum atomic E-state index is 11.3. The molecule has 0 saturated heterocycles. The van der Waals surface area contributed by atoms with Crippen molar-refractivity contribution in [1.29, 1.82) is 0 Å². The lowest BCUT2D eigenvalue weighted by molar-refractivity contribution is 0.580.